The zero-order chi connectivity index (χ0) is 25.1. The molecule has 7 heteroatoms. The molecule has 0 bridgehead atoms. The molecule has 1 aromatic heterocycles. The molecule has 184 valence electrons. The molecule has 0 radical (unpaired) electrons. The van der Waals surface area contributed by atoms with Gasteiger partial charge >= 0.3 is 0 Å². The van der Waals surface area contributed by atoms with E-state index in [1.54, 1.807) is 35.6 Å². The number of hydrogen-bond donors (Lipinski definition) is 0. The highest BCUT2D eigenvalue weighted by molar-refractivity contribution is 7.86. The van der Waals surface area contributed by atoms with Crippen LogP contribution in [0.25, 0.3) is 0 Å². The molecule has 0 unspecified atom stereocenters. The Hall–Kier alpha value is -3.26. The molecule has 3 aromatic carbocycles. The summed E-state index contributed by atoms with van der Waals surface area (Å²) in [5, 5.41) is 1.98. The largest absolute Gasteiger partial charge is 0.330 e. The van der Waals surface area contributed by atoms with Crippen molar-refractivity contribution in [3.8, 4) is 0 Å². The maximum absolute atomic E-state index is 13.7. The minimum Gasteiger partial charge on any atom is -0.330 e. The molecule has 1 aliphatic heterocycles. The molecule has 5 rings (SSSR count). The lowest BCUT2D eigenvalue weighted by Crippen LogP contribution is -2.44. The van der Waals surface area contributed by atoms with Gasteiger partial charge in [-0.3, -0.25) is 8.98 Å². The molecular formula is C29H27NO4S2. The van der Waals surface area contributed by atoms with E-state index in [9.17, 15) is 13.2 Å². The minimum absolute atomic E-state index is 0.0439. The molecule has 0 aliphatic carbocycles. The lowest BCUT2D eigenvalue weighted by molar-refractivity contribution is 0.0584. The molecule has 5 nitrogen and oxygen atoms in total. The van der Waals surface area contributed by atoms with E-state index in [1.807, 2.05) is 71.8 Å². The Kier molecular flexibility index (Phi) is 7.05. The molecule has 0 saturated heterocycles. The van der Waals surface area contributed by atoms with Crippen LogP contribution in [-0.2, 0) is 20.7 Å². The molecule has 1 aliphatic rings. The van der Waals surface area contributed by atoms with Crippen LogP contribution in [0.3, 0.4) is 0 Å². The quantitative estimate of drug-likeness (QED) is 0.270. The van der Waals surface area contributed by atoms with Gasteiger partial charge < -0.3 is 4.90 Å². The highest BCUT2D eigenvalue weighted by atomic mass is 32.2. The SMILES string of the molecule is Cc1ccc(S(=O)(=O)OC[C@H]2c3ccccc3C(=O)N(CCc3ccccc3)[C@@H]2c2cccs2)cc1. The number of carbonyl (C=O) groups is 1. The normalized spacial score (nSPS) is 17.7. The van der Waals surface area contributed by atoms with Gasteiger partial charge in [0.1, 0.15) is 0 Å². The third-order valence-electron chi connectivity index (χ3n) is 6.60. The highest BCUT2D eigenvalue weighted by Gasteiger charge is 2.41. The fourth-order valence-corrected chi connectivity index (χ4v) is 6.58. The number of fused-ring (bicyclic) bond motifs is 1. The number of nitrogens with zero attached hydrogens (tertiary/aromatic N) is 1. The molecule has 0 fully saturated rings. The van der Waals surface area contributed by atoms with E-state index in [1.165, 1.54) is 0 Å². The first-order chi connectivity index (χ1) is 17.4. The number of thiophene rings is 1. The molecule has 0 N–H and O–H groups in total. The standard InChI is InChI=1S/C29H27NO4S2/c1-21-13-15-23(16-14-21)36(32,33)34-20-26-24-10-5-6-11-25(24)29(31)30(28(26)27-12-7-19-35-27)18-17-22-8-3-2-4-9-22/h2-16,19,26,28H,17-18,20H2,1H3/t26-,28-/m0/s1. The molecule has 36 heavy (non-hydrogen) atoms. The van der Waals surface area contributed by atoms with Crippen molar-refractivity contribution in [2.45, 2.75) is 30.2 Å². The van der Waals surface area contributed by atoms with Crippen molar-refractivity contribution in [1.82, 2.24) is 4.90 Å². The first kappa shape index (κ1) is 24.4. The number of rotatable bonds is 8. The summed E-state index contributed by atoms with van der Waals surface area (Å²) in [7, 11) is -3.96. The van der Waals surface area contributed by atoms with Gasteiger partial charge in [-0.2, -0.15) is 8.42 Å². The Labute approximate surface area is 216 Å². The van der Waals surface area contributed by atoms with Crippen molar-refractivity contribution in [2.24, 2.45) is 0 Å². The van der Waals surface area contributed by atoms with Crippen LogP contribution in [-0.4, -0.2) is 32.4 Å². The zero-order valence-electron chi connectivity index (χ0n) is 19.9. The van der Waals surface area contributed by atoms with E-state index >= 15 is 0 Å². The van der Waals surface area contributed by atoms with Crippen LogP contribution in [0, 0.1) is 6.92 Å². The predicted molar refractivity (Wildman–Crippen MR) is 142 cm³/mol. The topological polar surface area (TPSA) is 63.7 Å². The fraction of sp³-hybridized carbons (Fsp3) is 0.207. The Morgan fingerprint density at radius 1 is 0.889 bits per heavy atom. The van der Waals surface area contributed by atoms with E-state index in [0.29, 0.717) is 18.5 Å². The third-order valence-corrected chi connectivity index (χ3v) is 8.84. The molecule has 1 amide bonds. The summed E-state index contributed by atoms with van der Waals surface area (Å²) in [5.41, 5.74) is 3.53. The van der Waals surface area contributed by atoms with Gasteiger partial charge in [0.05, 0.1) is 17.5 Å². The summed E-state index contributed by atoms with van der Waals surface area (Å²) >= 11 is 1.57. The second-order valence-electron chi connectivity index (χ2n) is 8.94. The van der Waals surface area contributed by atoms with Crippen LogP contribution >= 0.6 is 11.3 Å². The summed E-state index contributed by atoms with van der Waals surface area (Å²) < 4.78 is 31.8. The van der Waals surface area contributed by atoms with Crippen molar-refractivity contribution >= 4 is 27.4 Å². The smallest absolute Gasteiger partial charge is 0.296 e. The van der Waals surface area contributed by atoms with E-state index in [2.05, 4.69) is 12.1 Å². The third kappa shape index (κ3) is 5.00. The molecule has 2 atom stereocenters. The zero-order valence-corrected chi connectivity index (χ0v) is 21.5. The van der Waals surface area contributed by atoms with Crippen molar-refractivity contribution in [2.75, 3.05) is 13.2 Å². The minimum atomic E-state index is -3.96. The number of hydrogen-bond acceptors (Lipinski definition) is 5. The average molecular weight is 518 g/mol. The van der Waals surface area contributed by atoms with Crippen LogP contribution in [0.5, 0.6) is 0 Å². The predicted octanol–water partition coefficient (Wildman–Crippen LogP) is 5.99. The van der Waals surface area contributed by atoms with E-state index in [-0.39, 0.29) is 29.4 Å². The number of amides is 1. The maximum atomic E-state index is 13.7. The Balaban J connectivity index is 1.50. The number of carbonyl (C=O) groups excluding carboxylic acids is 1. The molecule has 4 aromatic rings. The van der Waals surface area contributed by atoms with E-state index < -0.39 is 10.1 Å². The molecule has 2 heterocycles. The monoisotopic (exact) mass is 517 g/mol. The second kappa shape index (κ2) is 10.4. The van der Waals surface area contributed by atoms with Gasteiger partial charge in [0.15, 0.2) is 0 Å². The summed E-state index contributed by atoms with van der Waals surface area (Å²) in [6.45, 7) is 2.36. The van der Waals surface area contributed by atoms with E-state index in [0.717, 1.165) is 21.6 Å². The molecular weight excluding hydrogens is 490 g/mol. The van der Waals surface area contributed by atoms with E-state index in [4.69, 9.17) is 4.18 Å². The fourth-order valence-electron chi connectivity index (χ4n) is 4.75. The van der Waals surface area contributed by atoms with Crippen LogP contribution in [0.2, 0.25) is 0 Å². The summed E-state index contributed by atoms with van der Waals surface area (Å²) in [4.78, 5) is 16.7. The van der Waals surface area contributed by atoms with Gasteiger partial charge in [-0.25, -0.2) is 0 Å². The van der Waals surface area contributed by atoms with Gasteiger partial charge in [0, 0.05) is 22.9 Å². The number of benzene rings is 3. The first-order valence-electron chi connectivity index (χ1n) is 11.9. The van der Waals surface area contributed by atoms with Crippen molar-refractivity contribution in [3.05, 3.63) is 124 Å². The van der Waals surface area contributed by atoms with Crippen LogP contribution in [0.1, 0.15) is 43.9 Å². The second-order valence-corrected chi connectivity index (χ2v) is 11.5. The summed E-state index contributed by atoms with van der Waals surface area (Å²) in [5.74, 6) is -0.383. The van der Waals surface area contributed by atoms with Crippen LogP contribution < -0.4 is 0 Å². The number of aryl methyl sites for hydroxylation is 1. The van der Waals surface area contributed by atoms with Gasteiger partial charge in [-0.1, -0.05) is 72.3 Å². The van der Waals surface area contributed by atoms with Crippen LogP contribution in [0.15, 0.2) is 101 Å². The maximum Gasteiger partial charge on any atom is 0.296 e. The van der Waals surface area contributed by atoms with Gasteiger partial charge in [0.2, 0.25) is 0 Å². The average Bonchev–Trinajstić information content (AvgIpc) is 3.43. The summed E-state index contributed by atoms with van der Waals surface area (Å²) in [6, 6.07) is 27.8. The lowest BCUT2D eigenvalue weighted by atomic mass is 9.82. The lowest BCUT2D eigenvalue weighted by Gasteiger charge is -2.41. The van der Waals surface area contributed by atoms with Gasteiger partial charge in [-0.05, 0) is 54.1 Å². The van der Waals surface area contributed by atoms with Gasteiger partial charge in [-0.15, -0.1) is 11.3 Å². The Morgan fingerprint density at radius 2 is 1.61 bits per heavy atom. The van der Waals surface area contributed by atoms with Crippen molar-refractivity contribution < 1.29 is 17.4 Å². The first-order valence-corrected chi connectivity index (χ1v) is 14.2. The summed E-state index contributed by atoms with van der Waals surface area (Å²) in [6.07, 6.45) is 0.700. The van der Waals surface area contributed by atoms with Crippen LogP contribution in [0.4, 0.5) is 0 Å². The molecule has 0 saturated carbocycles. The Bertz CT molecular complexity index is 1430. The van der Waals surface area contributed by atoms with Crippen molar-refractivity contribution in [1.29, 1.82) is 0 Å². The molecule has 0 spiro atoms. The van der Waals surface area contributed by atoms with Crippen molar-refractivity contribution in [3.63, 3.8) is 0 Å². The Morgan fingerprint density at radius 3 is 2.33 bits per heavy atom. The van der Waals surface area contributed by atoms with Gasteiger partial charge in [0.25, 0.3) is 16.0 Å². The highest BCUT2D eigenvalue weighted by Crippen LogP contribution is 2.44.